The normalized spacial score (nSPS) is 16.5. The van der Waals surface area contributed by atoms with Crippen LogP contribution >= 0.6 is 23.1 Å². The zero-order valence-corrected chi connectivity index (χ0v) is 18.3. The van der Waals surface area contributed by atoms with Crippen LogP contribution in [-0.4, -0.2) is 30.3 Å². The van der Waals surface area contributed by atoms with E-state index >= 15 is 0 Å². The lowest BCUT2D eigenvalue weighted by Crippen LogP contribution is -2.28. The molecule has 30 heavy (non-hydrogen) atoms. The number of aliphatic imine (C=N–C) groups is 1. The summed E-state index contributed by atoms with van der Waals surface area (Å²) < 4.78 is 10.7. The molecule has 0 unspecified atom stereocenters. The molecular weight excluding hydrogens is 418 g/mol. The van der Waals surface area contributed by atoms with Gasteiger partial charge >= 0.3 is 0 Å². The summed E-state index contributed by atoms with van der Waals surface area (Å²) in [5.74, 6) is 1.11. The minimum atomic E-state index is -0.131. The van der Waals surface area contributed by atoms with Crippen molar-refractivity contribution in [3.05, 3.63) is 70.1 Å². The molecule has 0 atom stereocenters. The van der Waals surface area contributed by atoms with Crippen molar-refractivity contribution in [3.63, 3.8) is 0 Å². The van der Waals surface area contributed by atoms with E-state index in [1.165, 1.54) is 23.1 Å². The highest BCUT2D eigenvalue weighted by molar-refractivity contribution is 8.19. The summed E-state index contributed by atoms with van der Waals surface area (Å²) in [5.41, 5.74) is 2.50. The van der Waals surface area contributed by atoms with Crippen LogP contribution < -0.4 is 14.4 Å². The molecule has 3 aromatic rings. The number of hydrogen-bond donors (Lipinski definition) is 0. The highest BCUT2D eigenvalue weighted by Crippen LogP contribution is 2.38. The van der Waals surface area contributed by atoms with Gasteiger partial charge in [-0.05, 0) is 54.6 Å². The predicted molar refractivity (Wildman–Crippen MR) is 123 cm³/mol. The number of benzene rings is 2. The second-order valence-electron chi connectivity index (χ2n) is 6.37. The van der Waals surface area contributed by atoms with Gasteiger partial charge < -0.3 is 9.47 Å². The molecule has 1 amide bonds. The molecule has 1 aliphatic heterocycles. The van der Waals surface area contributed by atoms with Crippen LogP contribution in [0, 0.1) is 6.92 Å². The molecule has 0 N–H and O–H groups in total. The van der Waals surface area contributed by atoms with Crippen molar-refractivity contribution in [1.82, 2.24) is 4.98 Å². The average molecular weight is 438 g/mol. The number of anilines is 1. The Balaban J connectivity index is 1.74. The largest absolute Gasteiger partial charge is 0.493 e. The molecule has 0 saturated carbocycles. The highest BCUT2D eigenvalue weighted by atomic mass is 32.2. The number of aryl methyl sites for hydroxylation is 1. The maximum Gasteiger partial charge on any atom is 0.271 e. The van der Waals surface area contributed by atoms with E-state index in [0.29, 0.717) is 26.7 Å². The Labute approximate surface area is 182 Å². The molecule has 2 aromatic carbocycles. The first-order valence-electron chi connectivity index (χ1n) is 9.11. The van der Waals surface area contributed by atoms with Crippen molar-refractivity contribution < 1.29 is 14.3 Å². The summed E-state index contributed by atoms with van der Waals surface area (Å²) in [5, 5.41) is 3.14. The second kappa shape index (κ2) is 8.73. The van der Waals surface area contributed by atoms with Crippen LogP contribution in [0.25, 0.3) is 6.08 Å². The van der Waals surface area contributed by atoms with E-state index in [-0.39, 0.29) is 5.91 Å². The number of amides is 1. The minimum Gasteiger partial charge on any atom is -0.493 e. The van der Waals surface area contributed by atoms with Crippen molar-refractivity contribution in [2.24, 2.45) is 4.99 Å². The molecule has 1 fully saturated rings. The molecule has 0 spiro atoms. The van der Waals surface area contributed by atoms with E-state index in [1.54, 1.807) is 19.1 Å². The van der Waals surface area contributed by atoms with Crippen LogP contribution in [0.15, 0.2) is 63.8 Å². The Morgan fingerprint density at radius 1 is 1.07 bits per heavy atom. The standard InChI is InChI=1S/C22H19N3O3S2/c1-14-13-29-21(23-14)24-22-25(16-7-5-4-6-8-16)20(26)19(30-22)12-15-9-10-17(27-2)18(11-15)28-3/h4-13H,1-3H3/b19-12-,24-22+. The van der Waals surface area contributed by atoms with Gasteiger partial charge in [-0.25, -0.2) is 4.98 Å². The van der Waals surface area contributed by atoms with Gasteiger partial charge in [-0.3, -0.25) is 9.69 Å². The van der Waals surface area contributed by atoms with Gasteiger partial charge in [0, 0.05) is 5.38 Å². The van der Waals surface area contributed by atoms with Gasteiger partial charge in [0.05, 0.1) is 30.5 Å². The third-order valence-electron chi connectivity index (χ3n) is 4.32. The third kappa shape index (κ3) is 4.10. The second-order valence-corrected chi connectivity index (χ2v) is 8.21. The fourth-order valence-electron chi connectivity index (χ4n) is 2.92. The monoisotopic (exact) mass is 437 g/mol. The number of hydrogen-bond acceptors (Lipinski definition) is 7. The third-order valence-corrected chi connectivity index (χ3v) is 6.15. The van der Waals surface area contributed by atoms with Crippen LogP contribution in [0.2, 0.25) is 0 Å². The minimum absolute atomic E-state index is 0.131. The van der Waals surface area contributed by atoms with Gasteiger partial charge in [-0.15, -0.1) is 11.3 Å². The van der Waals surface area contributed by atoms with Crippen LogP contribution in [0.3, 0.4) is 0 Å². The maximum atomic E-state index is 13.3. The van der Waals surface area contributed by atoms with E-state index in [9.17, 15) is 4.79 Å². The number of nitrogens with zero attached hydrogens (tertiary/aromatic N) is 3. The Kier molecular flexibility index (Phi) is 5.87. The summed E-state index contributed by atoms with van der Waals surface area (Å²) in [6.45, 7) is 1.92. The Morgan fingerprint density at radius 3 is 2.50 bits per heavy atom. The molecule has 1 aromatic heterocycles. The number of rotatable bonds is 5. The number of aromatic nitrogens is 1. The number of methoxy groups -OCH3 is 2. The topological polar surface area (TPSA) is 64.0 Å². The molecule has 152 valence electrons. The molecule has 0 radical (unpaired) electrons. The smallest absolute Gasteiger partial charge is 0.271 e. The number of ether oxygens (including phenoxy) is 2. The maximum absolute atomic E-state index is 13.3. The summed E-state index contributed by atoms with van der Waals surface area (Å²) in [6.07, 6.45) is 1.83. The van der Waals surface area contributed by atoms with Gasteiger partial charge in [0.25, 0.3) is 5.91 Å². The number of amidine groups is 1. The van der Waals surface area contributed by atoms with E-state index in [2.05, 4.69) is 9.98 Å². The molecule has 2 heterocycles. The van der Waals surface area contributed by atoms with Gasteiger partial charge in [0.15, 0.2) is 16.7 Å². The van der Waals surface area contributed by atoms with Crippen molar-refractivity contribution >= 4 is 51.1 Å². The van der Waals surface area contributed by atoms with Gasteiger partial charge in [0.1, 0.15) is 0 Å². The molecule has 0 aliphatic carbocycles. The first-order chi connectivity index (χ1) is 14.6. The SMILES string of the molecule is COc1ccc(/C=C2\S/C(=N/c3nc(C)cs3)N(c3ccccc3)C2=O)cc1OC. The van der Waals surface area contributed by atoms with Crippen LogP contribution in [0.4, 0.5) is 10.8 Å². The van der Waals surface area contributed by atoms with Crippen LogP contribution in [-0.2, 0) is 4.79 Å². The van der Waals surface area contributed by atoms with Gasteiger partial charge in [-0.1, -0.05) is 24.3 Å². The van der Waals surface area contributed by atoms with E-state index in [4.69, 9.17) is 9.47 Å². The fraction of sp³-hybridized carbons (Fsp3) is 0.136. The van der Waals surface area contributed by atoms with Crippen molar-refractivity contribution in [2.45, 2.75) is 6.92 Å². The highest BCUT2D eigenvalue weighted by Gasteiger charge is 2.35. The number of para-hydroxylation sites is 1. The number of carbonyl (C=O) groups is 1. The summed E-state index contributed by atoms with van der Waals surface area (Å²) in [7, 11) is 3.18. The van der Waals surface area contributed by atoms with Crippen molar-refractivity contribution in [3.8, 4) is 11.5 Å². The lowest BCUT2D eigenvalue weighted by Gasteiger charge is -2.14. The molecular formula is C22H19N3O3S2. The lowest BCUT2D eigenvalue weighted by molar-refractivity contribution is -0.113. The summed E-state index contributed by atoms with van der Waals surface area (Å²) in [4.78, 5) is 24.5. The summed E-state index contributed by atoms with van der Waals surface area (Å²) >= 11 is 2.78. The molecule has 6 nitrogen and oxygen atoms in total. The van der Waals surface area contributed by atoms with E-state index in [0.717, 1.165) is 16.9 Å². The Hall–Kier alpha value is -3.10. The summed E-state index contributed by atoms with van der Waals surface area (Å²) in [6, 6.07) is 15.0. The zero-order chi connectivity index (χ0) is 21.1. The average Bonchev–Trinajstić information content (AvgIpc) is 3.31. The Bertz CT molecular complexity index is 1140. The molecule has 0 bridgehead atoms. The predicted octanol–water partition coefficient (Wildman–Crippen LogP) is 5.28. The zero-order valence-electron chi connectivity index (χ0n) is 16.7. The quantitative estimate of drug-likeness (QED) is 0.508. The van der Waals surface area contributed by atoms with Gasteiger partial charge in [-0.2, -0.15) is 4.99 Å². The fourth-order valence-corrected chi connectivity index (χ4v) is 4.63. The molecule has 1 aliphatic rings. The van der Waals surface area contributed by atoms with E-state index in [1.807, 2.05) is 66.9 Å². The molecule has 1 saturated heterocycles. The lowest BCUT2D eigenvalue weighted by atomic mass is 10.2. The Morgan fingerprint density at radius 2 is 1.83 bits per heavy atom. The van der Waals surface area contributed by atoms with Crippen molar-refractivity contribution in [2.75, 3.05) is 19.1 Å². The number of thiazole rings is 1. The van der Waals surface area contributed by atoms with Crippen LogP contribution in [0.5, 0.6) is 11.5 Å². The first-order valence-corrected chi connectivity index (χ1v) is 10.8. The van der Waals surface area contributed by atoms with Gasteiger partial charge in [0.2, 0.25) is 5.13 Å². The van der Waals surface area contributed by atoms with E-state index < -0.39 is 0 Å². The number of carbonyl (C=O) groups excluding carboxylic acids is 1. The molecule has 8 heteroatoms. The van der Waals surface area contributed by atoms with Crippen LogP contribution in [0.1, 0.15) is 11.3 Å². The molecule has 4 rings (SSSR count). The first kappa shape index (κ1) is 20.2. The number of thioether (sulfide) groups is 1. The van der Waals surface area contributed by atoms with Crippen molar-refractivity contribution in [1.29, 1.82) is 0 Å².